The van der Waals surface area contributed by atoms with Crippen LogP contribution in [0, 0.1) is 11.7 Å². The fourth-order valence-corrected chi connectivity index (χ4v) is 2.97. The van der Waals surface area contributed by atoms with Crippen molar-refractivity contribution in [1.82, 2.24) is 0 Å². The molecule has 2 aromatic rings. The maximum Gasteiger partial charge on any atom is 0.262 e. The van der Waals surface area contributed by atoms with Crippen LogP contribution in [0.4, 0.5) is 15.8 Å². The van der Waals surface area contributed by atoms with Crippen molar-refractivity contribution in [3.63, 3.8) is 0 Å². The van der Waals surface area contributed by atoms with E-state index in [0.717, 1.165) is 6.07 Å². The Morgan fingerprint density at radius 2 is 1.96 bits per heavy atom. The fourth-order valence-electron chi connectivity index (χ4n) is 2.79. The van der Waals surface area contributed by atoms with Crippen molar-refractivity contribution >= 4 is 40.7 Å². The van der Waals surface area contributed by atoms with E-state index >= 15 is 0 Å². The lowest BCUT2D eigenvalue weighted by Gasteiger charge is -2.16. The van der Waals surface area contributed by atoms with Gasteiger partial charge in [0.25, 0.3) is 5.91 Å². The van der Waals surface area contributed by atoms with Crippen molar-refractivity contribution in [3.8, 4) is 5.75 Å². The number of halogens is 2. The number of primary amides is 1. The van der Waals surface area contributed by atoms with Crippen molar-refractivity contribution in [1.29, 1.82) is 0 Å². The summed E-state index contributed by atoms with van der Waals surface area (Å²) in [6.07, 6.45) is 0.0984. The quantitative estimate of drug-likeness (QED) is 0.770. The first-order valence-corrected chi connectivity index (χ1v) is 8.78. The van der Waals surface area contributed by atoms with E-state index in [1.54, 1.807) is 24.3 Å². The molecule has 0 radical (unpaired) electrons. The highest BCUT2D eigenvalue weighted by atomic mass is 35.5. The second kappa shape index (κ2) is 8.26. The first-order valence-electron chi connectivity index (χ1n) is 8.41. The number of nitrogens with two attached hydrogens (primary N) is 1. The third-order valence-corrected chi connectivity index (χ3v) is 4.54. The lowest BCUT2D eigenvalue weighted by molar-refractivity contribution is -0.123. The Morgan fingerprint density at radius 1 is 1.25 bits per heavy atom. The van der Waals surface area contributed by atoms with Gasteiger partial charge in [-0.15, -0.1) is 0 Å². The minimum atomic E-state index is -0.574. The predicted molar refractivity (Wildman–Crippen MR) is 102 cm³/mol. The summed E-state index contributed by atoms with van der Waals surface area (Å²) in [5.74, 6) is -1.75. The van der Waals surface area contributed by atoms with Gasteiger partial charge in [-0.2, -0.15) is 0 Å². The van der Waals surface area contributed by atoms with Gasteiger partial charge in [-0.25, -0.2) is 4.39 Å². The Labute approximate surface area is 165 Å². The van der Waals surface area contributed by atoms with Crippen molar-refractivity contribution in [2.75, 3.05) is 23.4 Å². The van der Waals surface area contributed by atoms with E-state index < -0.39 is 23.5 Å². The van der Waals surface area contributed by atoms with Crippen LogP contribution in [0.3, 0.4) is 0 Å². The molecule has 0 saturated carbocycles. The summed E-state index contributed by atoms with van der Waals surface area (Å²) in [7, 11) is 0. The van der Waals surface area contributed by atoms with Gasteiger partial charge < -0.3 is 20.7 Å². The first kappa shape index (κ1) is 19.6. The van der Waals surface area contributed by atoms with Gasteiger partial charge in [-0.05, 0) is 42.5 Å². The summed E-state index contributed by atoms with van der Waals surface area (Å²) < 4.78 is 18.5. The van der Waals surface area contributed by atoms with Crippen LogP contribution in [0.1, 0.15) is 6.42 Å². The van der Waals surface area contributed by atoms with Crippen LogP contribution in [0.25, 0.3) is 0 Å². The number of ether oxygens (including phenoxy) is 1. The van der Waals surface area contributed by atoms with Crippen LogP contribution in [0.15, 0.2) is 42.5 Å². The Hall–Kier alpha value is -3.13. The van der Waals surface area contributed by atoms with Crippen molar-refractivity contribution in [3.05, 3.63) is 53.3 Å². The lowest BCUT2D eigenvalue weighted by Crippen LogP contribution is -2.28. The molecule has 1 fully saturated rings. The molecule has 1 heterocycles. The SMILES string of the molecule is NC(=O)C1CC(=O)N(c2ccc(OCC(=O)Nc3ccc(F)c(Cl)c3)cc2)C1. The van der Waals surface area contributed by atoms with E-state index in [4.69, 9.17) is 22.1 Å². The minimum Gasteiger partial charge on any atom is -0.484 e. The highest BCUT2D eigenvalue weighted by molar-refractivity contribution is 6.31. The number of carbonyl (C=O) groups excluding carboxylic acids is 3. The van der Waals surface area contributed by atoms with E-state index in [2.05, 4.69) is 5.32 Å². The van der Waals surface area contributed by atoms with Gasteiger partial charge in [0.05, 0.1) is 10.9 Å². The summed E-state index contributed by atoms with van der Waals surface area (Å²) in [6.45, 7) is -0.0161. The Balaban J connectivity index is 1.54. The van der Waals surface area contributed by atoms with Gasteiger partial charge >= 0.3 is 0 Å². The van der Waals surface area contributed by atoms with Crippen LogP contribution >= 0.6 is 11.6 Å². The zero-order valence-corrected chi connectivity index (χ0v) is 15.4. The standard InChI is InChI=1S/C19H17ClFN3O4/c20-15-8-12(1-6-16(15)21)23-17(25)10-28-14-4-2-13(3-5-14)24-9-11(19(22)27)7-18(24)26/h1-6,8,11H,7,9-10H2,(H2,22,27)(H,23,25). The van der Waals surface area contributed by atoms with E-state index in [-0.39, 0.29) is 30.5 Å². The molecule has 3 rings (SSSR count). The molecule has 0 bridgehead atoms. The van der Waals surface area contributed by atoms with Gasteiger partial charge in [-0.1, -0.05) is 11.6 Å². The Kier molecular flexibility index (Phi) is 5.79. The summed E-state index contributed by atoms with van der Waals surface area (Å²) >= 11 is 5.66. The second-order valence-electron chi connectivity index (χ2n) is 6.27. The summed E-state index contributed by atoms with van der Waals surface area (Å²) in [5, 5.41) is 2.45. The monoisotopic (exact) mass is 405 g/mol. The van der Waals surface area contributed by atoms with Crippen LogP contribution in [0.5, 0.6) is 5.75 Å². The minimum absolute atomic E-state index is 0.0932. The molecule has 146 valence electrons. The zero-order valence-electron chi connectivity index (χ0n) is 14.7. The number of amides is 3. The smallest absolute Gasteiger partial charge is 0.262 e. The highest BCUT2D eigenvalue weighted by Gasteiger charge is 2.33. The van der Waals surface area contributed by atoms with Gasteiger partial charge in [0.15, 0.2) is 6.61 Å². The largest absolute Gasteiger partial charge is 0.484 e. The van der Waals surface area contributed by atoms with Gasteiger partial charge in [0, 0.05) is 24.3 Å². The third-order valence-electron chi connectivity index (χ3n) is 4.25. The number of carbonyl (C=O) groups is 3. The second-order valence-corrected chi connectivity index (χ2v) is 6.67. The van der Waals surface area contributed by atoms with Gasteiger partial charge in [0.2, 0.25) is 11.8 Å². The summed E-state index contributed by atoms with van der Waals surface area (Å²) in [4.78, 5) is 36.7. The molecular formula is C19H17ClFN3O4. The molecule has 3 N–H and O–H groups in total. The van der Waals surface area contributed by atoms with E-state index in [0.29, 0.717) is 17.1 Å². The zero-order chi connectivity index (χ0) is 20.3. The van der Waals surface area contributed by atoms with E-state index in [1.165, 1.54) is 17.0 Å². The molecule has 28 heavy (non-hydrogen) atoms. The molecule has 0 aliphatic carbocycles. The van der Waals surface area contributed by atoms with Crippen LogP contribution in [-0.4, -0.2) is 30.9 Å². The topological polar surface area (TPSA) is 102 Å². The number of anilines is 2. The van der Waals surface area contributed by atoms with Crippen LogP contribution in [0.2, 0.25) is 5.02 Å². The van der Waals surface area contributed by atoms with E-state index in [1.807, 2.05) is 0 Å². The van der Waals surface area contributed by atoms with Gasteiger partial charge in [-0.3, -0.25) is 14.4 Å². The first-order chi connectivity index (χ1) is 13.3. The van der Waals surface area contributed by atoms with Crippen LogP contribution < -0.4 is 20.7 Å². The molecule has 0 aromatic heterocycles. The van der Waals surface area contributed by atoms with Crippen molar-refractivity contribution < 1.29 is 23.5 Å². The predicted octanol–water partition coefficient (Wildman–Crippen LogP) is 2.33. The number of nitrogens with one attached hydrogen (secondary N) is 1. The Morgan fingerprint density at radius 3 is 2.57 bits per heavy atom. The number of benzene rings is 2. The van der Waals surface area contributed by atoms with E-state index in [9.17, 15) is 18.8 Å². The molecule has 7 nitrogen and oxygen atoms in total. The summed E-state index contributed by atoms with van der Waals surface area (Å²) in [5.41, 5.74) is 6.23. The molecule has 1 saturated heterocycles. The average molecular weight is 406 g/mol. The average Bonchev–Trinajstić information content (AvgIpc) is 3.06. The van der Waals surface area contributed by atoms with Crippen molar-refractivity contribution in [2.24, 2.45) is 11.7 Å². The maximum atomic E-state index is 13.1. The number of nitrogens with zero attached hydrogens (tertiary/aromatic N) is 1. The van der Waals surface area contributed by atoms with Crippen molar-refractivity contribution in [2.45, 2.75) is 6.42 Å². The third kappa shape index (κ3) is 4.58. The fraction of sp³-hybridized carbons (Fsp3) is 0.211. The molecule has 1 atom stereocenters. The molecular weight excluding hydrogens is 389 g/mol. The molecule has 0 spiro atoms. The van der Waals surface area contributed by atoms with Gasteiger partial charge in [0.1, 0.15) is 11.6 Å². The normalized spacial score (nSPS) is 16.1. The maximum absolute atomic E-state index is 13.1. The molecule has 3 amide bonds. The Bertz CT molecular complexity index is 920. The molecule has 2 aromatic carbocycles. The lowest BCUT2D eigenvalue weighted by atomic mass is 10.1. The number of rotatable bonds is 6. The number of hydrogen-bond acceptors (Lipinski definition) is 4. The molecule has 1 aliphatic heterocycles. The molecule has 1 unspecified atom stereocenters. The molecule has 9 heteroatoms. The highest BCUT2D eigenvalue weighted by Crippen LogP contribution is 2.26. The number of hydrogen-bond donors (Lipinski definition) is 2. The summed E-state index contributed by atoms with van der Waals surface area (Å²) in [6, 6.07) is 10.4. The molecule has 1 aliphatic rings. The van der Waals surface area contributed by atoms with Crippen LogP contribution in [-0.2, 0) is 14.4 Å².